The third-order valence-corrected chi connectivity index (χ3v) is 3.45. The van der Waals surface area contributed by atoms with Gasteiger partial charge in [-0.2, -0.15) is 0 Å². The lowest BCUT2D eigenvalue weighted by Gasteiger charge is -2.41. The largest absolute Gasteiger partial charge is 0.311 e. The monoisotopic (exact) mass is 190 g/mol. The number of nitrogens with one attached hydrogen (secondary N) is 1. The maximum Gasteiger partial charge on any atom is 0.267 e. The first kappa shape index (κ1) is 9.34. The summed E-state index contributed by atoms with van der Waals surface area (Å²) in [6, 6.07) is 0. The van der Waals surface area contributed by atoms with Gasteiger partial charge in [0.2, 0.25) is 0 Å². The lowest BCUT2D eigenvalue weighted by atomic mass is 9.75. The molecule has 2 rings (SSSR count). The van der Waals surface area contributed by atoms with Crippen LogP contribution in [0.3, 0.4) is 0 Å². The van der Waals surface area contributed by atoms with E-state index in [2.05, 4.69) is 5.32 Å². The second-order valence-corrected chi connectivity index (χ2v) is 4.40. The molecule has 0 amide bonds. The zero-order valence-electron chi connectivity index (χ0n) is 7.95. The average Bonchev–Trinajstić information content (AvgIpc) is 2.41. The molecule has 1 atom stereocenters. The standard InChI is InChI=1S/C9H16F2N2/c1-13-5-3-8(7-13)2-4-12-6-9(8,10)11/h12H,2-7H2,1H3. The molecule has 1 unspecified atom stereocenters. The van der Waals surface area contributed by atoms with E-state index in [0.29, 0.717) is 19.4 Å². The number of piperidine rings is 1. The van der Waals surface area contributed by atoms with Gasteiger partial charge in [-0.15, -0.1) is 0 Å². The molecule has 2 aliphatic rings. The van der Waals surface area contributed by atoms with E-state index in [1.165, 1.54) is 0 Å². The van der Waals surface area contributed by atoms with Gasteiger partial charge in [0, 0.05) is 6.54 Å². The molecule has 2 fully saturated rings. The van der Waals surface area contributed by atoms with Gasteiger partial charge >= 0.3 is 0 Å². The van der Waals surface area contributed by atoms with Crippen LogP contribution in [0, 0.1) is 5.41 Å². The summed E-state index contributed by atoms with van der Waals surface area (Å²) in [6.45, 7) is 1.97. The molecule has 2 saturated heterocycles. The van der Waals surface area contributed by atoms with Crippen molar-refractivity contribution in [3.63, 3.8) is 0 Å². The third kappa shape index (κ3) is 1.36. The van der Waals surface area contributed by atoms with Crippen molar-refractivity contribution in [1.82, 2.24) is 10.2 Å². The molecule has 0 aromatic heterocycles. The van der Waals surface area contributed by atoms with Crippen LogP contribution in [0.25, 0.3) is 0 Å². The predicted octanol–water partition coefficient (Wildman–Crippen LogP) is 0.937. The van der Waals surface area contributed by atoms with Crippen molar-refractivity contribution < 1.29 is 8.78 Å². The molecular weight excluding hydrogens is 174 g/mol. The second kappa shape index (κ2) is 2.89. The smallest absolute Gasteiger partial charge is 0.267 e. The molecule has 0 radical (unpaired) electrons. The van der Waals surface area contributed by atoms with Crippen molar-refractivity contribution in [3.05, 3.63) is 0 Å². The van der Waals surface area contributed by atoms with E-state index in [1.54, 1.807) is 0 Å². The lowest BCUT2D eigenvalue weighted by Crippen LogP contribution is -2.55. The first-order chi connectivity index (χ1) is 6.06. The Balaban J connectivity index is 2.19. The Labute approximate surface area is 77.3 Å². The van der Waals surface area contributed by atoms with Gasteiger partial charge in [0.05, 0.1) is 12.0 Å². The average molecular weight is 190 g/mol. The Hall–Kier alpha value is -0.220. The zero-order valence-corrected chi connectivity index (χ0v) is 7.95. The van der Waals surface area contributed by atoms with Gasteiger partial charge < -0.3 is 10.2 Å². The molecule has 0 saturated carbocycles. The molecule has 0 bridgehead atoms. The number of alkyl halides is 2. The Morgan fingerprint density at radius 3 is 2.62 bits per heavy atom. The van der Waals surface area contributed by atoms with E-state index in [0.717, 1.165) is 13.1 Å². The summed E-state index contributed by atoms with van der Waals surface area (Å²) in [4.78, 5) is 2.01. The molecular formula is C9H16F2N2. The summed E-state index contributed by atoms with van der Waals surface area (Å²) >= 11 is 0. The molecule has 1 spiro atoms. The van der Waals surface area contributed by atoms with Crippen molar-refractivity contribution in [2.75, 3.05) is 33.2 Å². The minimum absolute atomic E-state index is 0.138. The summed E-state index contributed by atoms with van der Waals surface area (Å²) in [5.41, 5.74) is -0.729. The first-order valence-corrected chi connectivity index (χ1v) is 4.83. The lowest BCUT2D eigenvalue weighted by molar-refractivity contribution is -0.132. The van der Waals surface area contributed by atoms with Crippen LogP contribution < -0.4 is 5.32 Å². The fraction of sp³-hybridized carbons (Fsp3) is 1.00. The maximum absolute atomic E-state index is 13.6. The fourth-order valence-corrected chi connectivity index (χ4v) is 2.53. The molecule has 0 aromatic rings. The van der Waals surface area contributed by atoms with Gasteiger partial charge in [-0.05, 0) is 33.0 Å². The molecule has 13 heavy (non-hydrogen) atoms. The van der Waals surface area contributed by atoms with Crippen molar-refractivity contribution in [2.45, 2.75) is 18.8 Å². The molecule has 4 heteroatoms. The highest BCUT2D eigenvalue weighted by molar-refractivity contribution is 5.02. The van der Waals surface area contributed by atoms with Gasteiger partial charge in [-0.3, -0.25) is 0 Å². The Morgan fingerprint density at radius 1 is 1.31 bits per heavy atom. The van der Waals surface area contributed by atoms with Crippen LogP contribution in [0.2, 0.25) is 0 Å². The van der Waals surface area contributed by atoms with Crippen LogP contribution in [0.5, 0.6) is 0 Å². The highest BCUT2D eigenvalue weighted by Crippen LogP contribution is 2.47. The quantitative estimate of drug-likeness (QED) is 0.611. The van der Waals surface area contributed by atoms with E-state index in [4.69, 9.17) is 0 Å². The number of likely N-dealkylation sites (tertiary alicyclic amines) is 1. The Bertz CT molecular complexity index is 204. The predicted molar refractivity (Wildman–Crippen MR) is 47.0 cm³/mol. The van der Waals surface area contributed by atoms with Crippen LogP contribution in [0.4, 0.5) is 8.78 Å². The van der Waals surface area contributed by atoms with Crippen molar-refractivity contribution in [3.8, 4) is 0 Å². The van der Waals surface area contributed by atoms with Crippen LogP contribution in [0.15, 0.2) is 0 Å². The summed E-state index contributed by atoms with van der Waals surface area (Å²) in [6.07, 6.45) is 1.27. The van der Waals surface area contributed by atoms with E-state index in [1.807, 2.05) is 11.9 Å². The fourth-order valence-electron chi connectivity index (χ4n) is 2.53. The highest BCUT2D eigenvalue weighted by atomic mass is 19.3. The highest BCUT2D eigenvalue weighted by Gasteiger charge is 2.56. The van der Waals surface area contributed by atoms with Crippen molar-refractivity contribution in [2.24, 2.45) is 5.41 Å². The number of rotatable bonds is 0. The summed E-state index contributed by atoms with van der Waals surface area (Å²) in [5, 5.41) is 2.77. The Kier molecular flexibility index (Phi) is 2.07. The molecule has 2 heterocycles. The van der Waals surface area contributed by atoms with Crippen LogP contribution in [-0.4, -0.2) is 44.0 Å². The van der Waals surface area contributed by atoms with E-state index < -0.39 is 11.3 Å². The number of hydrogen-bond donors (Lipinski definition) is 1. The minimum atomic E-state index is -2.52. The van der Waals surface area contributed by atoms with E-state index >= 15 is 0 Å². The number of nitrogens with zero attached hydrogens (tertiary/aromatic N) is 1. The van der Waals surface area contributed by atoms with E-state index in [-0.39, 0.29) is 6.54 Å². The minimum Gasteiger partial charge on any atom is -0.311 e. The normalized spacial score (nSPS) is 39.9. The maximum atomic E-state index is 13.6. The van der Waals surface area contributed by atoms with Crippen LogP contribution >= 0.6 is 0 Å². The molecule has 76 valence electrons. The Morgan fingerprint density at radius 2 is 2.08 bits per heavy atom. The molecule has 1 N–H and O–H groups in total. The molecule has 0 aliphatic carbocycles. The van der Waals surface area contributed by atoms with Gasteiger partial charge in [0.1, 0.15) is 0 Å². The SMILES string of the molecule is CN1CCC2(CCNCC2(F)F)C1. The number of hydrogen-bond acceptors (Lipinski definition) is 2. The summed E-state index contributed by atoms with van der Waals surface area (Å²) < 4.78 is 27.3. The molecule has 2 nitrogen and oxygen atoms in total. The van der Waals surface area contributed by atoms with Crippen LogP contribution in [0.1, 0.15) is 12.8 Å². The summed E-state index contributed by atoms with van der Waals surface area (Å²) in [7, 11) is 1.92. The van der Waals surface area contributed by atoms with Gasteiger partial charge in [-0.1, -0.05) is 0 Å². The third-order valence-electron chi connectivity index (χ3n) is 3.45. The van der Waals surface area contributed by atoms with Crippen LogP contribution in [-0.2, 0) is 0 Å². The first-order valence-electron chi connectivity index (χ1n) is 4.83. The summed E-state index contributed by atoms with van der Waals surface area (Å²) in [5.74, 6) is -2.52. The molecule has 2 aliphatic heterocycles. The van der Waals surface area contributed by atoms with Gasteiger partial charge in [0.15, 0.2) is 0 Å². The zero-order chi connectivity index (χ0) is 9.53. The number of halogens is 2. The van der Waals surface area contributed by atoms with Gasteiger partial charge in [0.25, 0.3) is 5.92 Å². The van der Waals surface area contributed by atoms with Crippen molar-refractivity contribution in [1.29, 1.82) is 0 Å². The topological polar surface area (TPSA) is 15.3 Å². The van der Waals surface area contributed by atoms with Gasteiger partial charge in [-0.25, -0.2) is 8.78 Å². The second-order valence-electron chi connectivity index (χ2n) is 4.40. The van der Waals surface area contributed by atoms with E-state index in [9.17, 15) is 8.78 Å². The molecule has 0 aromatic carbocycles. The van der Waals surface area contributed by atoms with Crippen molar-refractivity contribution >= 4 is 0 Å².